The van der Waals surface area contributed by atoms with E-state index in [1.54, 1.807) is 4.90 Å². The van der Waals surface area contributed by atoms with E-state index in [9.17, 15) is 9.59 Å². The summed E-state index contributed by atoms with van der Waals surface area (Å²) in [6.07, 6.45) is 0. The molecule has 1 fully saturated rings. The molecule has 1 amide bonds. The van der Waals surface area contributed by atoms with Gasteiger partial charge in [0.2, 0.25) is 0 Å². The van der Waals surface area contributed by atoms with Crippen molar-refractivity contribution in [2.45, 2.75) is 13.1 Å². The summed E-state index contributed by atoms with van der Waals surface area (Å²) in [6, 6.07) is 20.4. The maximum Gasteiger partial charge on any atom is 0.274 e. The first kappa shape index (κ1) is 20.3. The minimum Gasteiger partial charge on any atom is -0.335 e. The second-order valence-corrected chi connectivity index (χ2v) is 7.83. The minimum absolute atomic E-state index is 0.140. The minimum atomic E-state index is -0.221. The molecule has 30 heavy (non-hydrogen) atoms. The van der Waals surface area contributed by atoms with Crippen molar-refractivity contribution in [1.82, 2.24) is 19.6 Å². The van der Waals surface area contributed by atoms with Crippen molar-refractivity contribution in [3.63, 3.8) is 0 Å². The highest BCUT2D eigenvalue weighted by Gasteiger charge is 2.23. The molecule has 0 saturated carbocycles. The summed E-state index contributed by atoms with van der Waals surface area (Å²) in [6.45, 7) is 3.96. The number of hydrogen-bond acceptors (Lipinski definition) is 4. The Morgan fingerprint density at radius 3 is 2.33 bits per heavy atom. The van der Waals surface area contributed by atoms with Gasteiger partial charge < -0.3 is 4.90 Å². The van der Waals surface area contributed by atoms with Crippen molar-refractivity contribution < 1.29 is 4.79 Å². The molecule has 3 aromatic rings. The van der Waals surface area contributed by atoms with E-state index >= 15 is 0 Å². The van der Waals surface area contributed by atoms with Gasteiger partial charge in [0.15, 0.2) is 0 Å². The third-order valence-corrected chi connectivity index (χ3v) is 5.45. The van der Waals surface area contributed by atoms with E-state index in [1.807, 2.05) is 48.5 Å². The van der Waals surface area contributed by atoms with Crippen LogP contribution in [0.4, 0.5) is 0 Å². The molecule has 0 aliphatic carbocycles. The van der Waals surface area contributed by atoms with Gasteiger partial charge in [-0.2, -0.15) is 5.10 Å². The Labute approximate surface area is 180 Å². The normalized spacial score (nSPS) is 14.6. The fourth-order valence-corrected chi connectivity index (χ4v) is 3.81. The smallest absolute Gasteiger partial charge is 0.274 e. The maximum atomic E-state index is 12.9. The van der Waals surface area contributed by atoms with Crippen LogP contribution in [0.3, 0.4) is 0 Å². The van der Waals surface area contributed by atoms with Crippen LogP contribution in [0.1, 0.15) is 21.6 Å². The third-order valence-electron chi connectivity index (χ3n) is 5.22. The molecule has 1 aliphatic rings. The van der Waals surface area contributed by atoms with E-state index in [-0.39, 0.29) is 11.5 Å². The number of rotatable bonds is 5. The summed E-state index contributed by atoms with van der Waals surface area (Å²) in [4.78, 5) is 29.2. The number of piperazine rings is 1. The number of hydrogen-bond donors (Lipinski definition) is 0. The predicted octanol–water partition coefficient (Wildman–Crippen LogP) is 2.90. The van der Waals surface area contributed by atoms with Gasteiger partial charge in [0, 0.05) is 43.8 Å². The fraction of sp³-hybridized carbons (Fsp3) is 0.261. The Kier molecular flexibility index (Phi) is 6.26. The second kappa shape index (κ2) is 9.24. The van der Waals surface area contributed by atoms with E-state index in [2.05, 4.69) is 16.1 Å². The molecular formula is C23H23ClN4O2. The lowest BCUT2D eigenvalue weighted by Crippen LogP contribution is -2.48. The van der Waals surface area contributed by atoms with E-state index in [0.717, 1.165) is 35.8 Å². The number of carbonyl (C=O) groups excluding carboxylic acids is 1. The van der Waals surface area contributed by atoms with Crippen LogP contribution in [0.5, 0.6) is 0 Å². The molecule has 1 aromatic heterocycles. The molecule has 2 aromatic carbocycles. The first-order valence-corrected chi connectivity index (χ1v) is 10.3. The summed E-state index contributed by atoms with van der Waals surface area (Å²) in [5.74, 6) is -0.140. The fourth-order valence-electron chi connectivity index (χ4n) is 3.60. The van der Waals surface area contributed by atoms with Crippen molar-refractivity contribution in [3.8, 4) is 0 Å². The quantitative estimate of drug-likeness (QED) is 0.634. The van der Waals surface area contributed by atoms with Crippen LogP contribution < -0.4 is 5.56 Å². The summed E-state index contributed by atoms with van der Waals surface area (Å²) < 4.78 is 1.35. The van der Waals surface area contributed by atoms with Gasteiger partial charge in [-0.25, -0.2) is 4.68 Å². The Morgan fingerprint density at radius 2 is 1.60 bits per heavy atom. The first-order chi connectivity index (χ1) is 14.6. The van der Waals surface area contributed by atoms with Crippen LogP contribution in [-0.4, -0.2) is 51.7 Å². The van der Waals surface area contributed by atoms with Crippen molar-refractivity contribution >= 4 is 17.5 Å². The van der Waals surface area contributed by atoms with Crippen LogP contribution in [-0.2, 0) is 13.1 Å². The molecule has 7 heteroatoms. The molecule has 0 spiro atoms. The molecule has 0 atom stereocenters. The summed E-state index contributed by atoms with van der Waals surface area (Å²) in [5, 5.41) is 5.06. The highest BCUT2D eigenvalue weighted by Crippen LogP contribution is 2.14. The number of amides is 1. The van der Waals surface area contributed by atoms with Crippen LogP contribution >= 0.6 is 11.6 Å². The van der Waals surface area contributed by atoms with Gasteiger partial charge in [-0.3, -0.25) is 14.5 Å². The van der Waals surface area contributed by atoms with Gasteiger partial charge in [0.25, 0.3) is 11.5 Å². The Bertz CT molecular complexity index is 1080. The van der Waals surface area contributed by atoms with Crippen molar-refractivity contribution in [1.29, 1.82) is 0 Å². The third kappa shape index (κ3) is 4.96. The largest absolute Gasteiger partial charge is 0.335 e. The van der Waals surface area contributed by atoms with E-state index < -0.39 is 0 Å². The molecule has 0 N–H and O–H groups in total. The van der Waals surface area contributed by atoms with Crippen LogP contribution in [0.25, 0.3) is 0 Å². The predicted molar refractivity (Wildman–Crippen MR) is 117 cm³/mol. The lowest BCUT2D eigenvalue weighted by molar-refractivity contribution is 0.0620. The van der Waals surface area contributed by atoms with Gasteiger partial charge in [-0.1, -0.05) is 54.1 Å². The lowest BCUT2D eigenvalue weighted by Gasteiger charge is -2.34. The zero-order chi connectivity index (χ0) is 20.9. The number of carbonyl (C=O) groups is 1. The van der Waals surface area contributed by atoms with Gasteiger partial charge in [-0.15, -0.1) is 0 Å². The summed E-state index contributed by atoms with van der Waals surface area (Å²) in [5.41, 5.74) is 2.21. The molecule has 1 aliphatic heterocycles. The molecular weight excluding hydrogens is 400 g/mol. The standard InChI is InChI=1S/C23H23ClN4O2/c24-20-8-4-7-19(15-20)16-26-11-13-27(14-12-26)23(30)21-9-10-22(29)28(25-21)17-18-5-2-1-3-6-18/h1-10,15H,11-14,16-17H2. The average Bonchev–Trinajstić information content (AvgIpc) is 2.76. The number of aromatic nitrogens is 2. The molecule has 4 rings (SSSR count). The van der Waals surface area contributed by atoms with E-state index in [4.69, 9.17) is 11.6 Å². The molecule has 154 valence electrons. The SMILES string of the molecule is O=C(c1ccc(=O)n(Cc2ccccc2)n1)N1CCN(Cc2cccc(Cl)c2)CC1. The highest BCUT2D eigenvalue weighted by atomic mass is 35.5. The van der Waals surface area contributed by atoms with Crippen molar-refractivity contribution in [3.05, 3.63) is 98.9 Å². The van der Waals surface area contributed by atoms with Crippen LogP contribution in [0, 0.1) is 0 Å². The summed E-state index contributed by atoms with van der Waals surface area (Å²) in [7, 11) is 0. The number of nitrogens with zero attached hydrogens (tertiary/aromatic N) is 4. The molecule has 0 bridgehead atoms. The van der Waals surface area contributed by atoms with Crippen molar-refractivity contribution in [2.24, 2.45) is 0 Å². The lowest BCUT2D eigenvalue weighted by atomic mass is 10.2. The molecule has 0 unspecified atom stereocenters. The topological polar surface area (TPSA) is 58.4 Å². The zero-order valence-electron chi connectivity index (χ0n) is 16.6. The zero-order valence-corrected chi connectivity index (χ0v) is 17.3. The number of halogens is 1. The number of benzene rings is 2. The molecule has 2 heterocycles. The molecule has 6 nitrogen and oxygen atoms in total. The second-order valence-electron chi connectivity index (χ2n) is 7.40. The van der Waals surface area contributed by atoms with Gasteiger partial charge >= 0.3 is 0 Å². The van der Waals surface area contributed by atoms with Gasteiger partial charge in [0.05, 0.1) is 6.54 Å². The van der Waals surface area contributed by atoms with Gasteiger partial charge in [0.1, 0.15) is 5.69 Å². The van der Waals surface area contributed by atoms with Gasteiger partial charge in [-0.05, 0) is 29.3 Å². The monoisotopic (exact) mass is 422 g/mol. The average molecular weight is 423 g/mol. The van der Waals surface area contributed by atoms with Crippen LogP contribution in [0.2, 0.25) is 5.02 Å². The first-order valence-electron chi connectivity index (χ1n) is 9.97. The molecule has 0 radical (unpaired) electrons. The van der Waals surface area contributed by atoms with E-state index in [0.29, 0.717) is 25.3 Å². The van der Waals surface area contributed by atoms with E-state index in [1.165, 1.54) is 16.8 Å². The Balaban J connectivity index is 1.39. The van der Waals surface area contributed by atoms with Crippen LogP contribution in [0.15, 0.2) is 71.5 Å². The van der Waals surface area contributed by atoms with Crippen molar-refractivity contribution in [2.75, 3.05) is 26.2 Å². The summed E-state index contributed by atoms with van der Waals surface area (Å²) >= 11 is 6.07. The highest BCUT2D eigenvalue weighted by molar-refractivity contribution is 6.30. The Morgan fingerprint density at radius 1 is 0.867 bits per heavy atom. The maximum absolute atomic E-state index is 12.9. The molecule has 1 saturated heterocycles. The Hall–Kier alpha value is -2.96.